The Labute approximate surface area is 220 Å². The van der Waals surface area contributed by atoms with E-state index in [-0.39, 0.29) is 10.6 Å². The highest BCUT2D eigenvalue weighted by Gasteiger charge is 2.67. The lowest BCUT2D eigenvalue weighted by atomic mass is 10.1. The van der Waals surface area contributed by atoms with Crippen molar-refractivity contribution in [2.75, 3.05) is 10.6 Å². The topological polar surface area (TPSA) is 82.0 Å². The van der Waals surface area contributed by atoms with Gasteiger partial charge in [-0.2, -0.15) is 5.26 Å². The molecule has 2 atom stereocenters. The van der Waals surface area contributed by atoms with Gasteiger partial charge in [-0.05, 0) is 66.2 Å². The van der Waals surface area contributed by atoms with Gasteiger partial charge >= 0.3 is 0 Å². The number of anilines is 2. The first-order valence-corrected chi connectivity index (χ1v) is 11.7. The number of hydrogen-bond acceptors (Lipinski definition) is 3. The van der Waals surface area contributed by atoms with Gasteiger partial charge in [0.25, 0.3) is 5.91 Å². The van der Waals surface area contributed by atoms with Gasteiger partial charge in [-0.1, -0.05) is 34.8 Å². The molecule has 2 amide bonds. The molecule has 1 aliphatic rings. The van der Waals surface area contributed by atoms with Crippen molar-refractivity contribution in [1.82, 2.24) is 0 Å². The minimum absolute atomic E-state index is 0.154. The quantitative estimate of drug-likeness (QED) is 0.325. The molecule has 1 aliphatic carbocycles. The van der Waals surface area contributed by atoms with Crippen LogP contribution in [0.5, 0.6) is 0 Å². The fraction of sp³-hybridized carbons (Fsp3) is 0.125. The summed E-state index contributed by atoms with van der Waals surface area (Å²) in [7, 11) is 0. The van der Waals surface area contributed by atoms with Gasteiger partial charge in [0.15, 0.2) is 0 Å². The van der Waals surface area contributed by atoms with E-state index < -0.39 is 28.0 Å². The molecule has 3 aromatic rings. The van der Waals surface area contributed by atoms with E-state index in [0.717, 1.165) is 0 Å². The van der Waals surface area contributed by atoms with Crippen LogP contribution in [-0.4, -0.2) is 16.1 Å². The summed E-state index contributed by atoms with van der Waals surface area (Å²) in [6, 6.07) is 17.8. The number of carbonyl (C=O) groups excluding carboxylic acids is 2. The van der Waals surface area contributed by atoms with Crippen molar-refractivity contribution in [1.29, 1.82) is 5.26 Å². The molecule has 0 saturated heterocycles. The van der Waals surface area contributed by atoms with Crippen molar-refractivity contribution in [2.45, 2.75) is 10.3 Å². The Bertz CT molecular complexity index is 1320. The second-order valence-corrected chi connectivity index (χ2v) is 10.4. The van der Waals surface area contributed by atoms with Gasteiger partial charge in [-0.15, -0.1) is 23.2 Å². The minimum Gasteiger partial charge on any atom is -0.326 e. The molecule has 0 heterocycles. The molecule has 10 heteroatoms. The van der Waals surface area contributed by atoms with Crippen LogP contribution in [-0.2, 0) is 4.79 Å². The van der Waals surface area contributed by atoms with E-state index in [9.17, 15) is 9.59 Å². The lowest BCUT2D eigenvalue weighted by Crippen LogP contribution is -2.18. The molecule has 1 saturated carbocycles. The average Bonchev–Trinajstić information content (AvgIpc) is 3.37. The molecule has 0 unspecified atom stereocenters. The second-order valence-electron chi connectivity index (χ2n) is 7.66. The van der Waals surface area contributed by atoms with Crippen LogP contribution in [0.4, 0.5) is 11.4 Å². The molecule has 2 N–H and O–H groups in total. The minimum atomic E-state index is -1.33. The van der Waals surface area contributed by atoms with Crippen LogP contribution in [0.25, 0.3) is 0 Å². The van der Waals surface area contributed by atoms with Gasteiger partial charge in [-0.25, -0.2) is 0 Å². The largest absolute Gasteiger partial charge is 0.326 e. The van der Waals surface area contributed by atoms with Gasteiger partial charge in [0.1, 0.15) is 4.33 Å². The first kappa shape index (κ1) is 24.7. The standard InChI is InChI=1S/C24H14Cl5N3O2/c25-14-7-13(8-15(26)9-14)20-21(24(20,28)29)23(34)32-17-5-6-19(27)18(10-17)22(33)31-16-3-1-12(11-30)2-4-16/h1-10,20-21H,(H,31,33)(H,32,34)/t20-,21+/m1/s1. The summed E-state index contributed by atoms with van der Waals surface area (Å²) in [5.41, 5.74) is 2.11. The molecule has 0 spiro atoms. The monoisotopic (exact) mass is 551 g/mol. The van der Waals surface area contributed by atoms with Gasteiger partial charge in [0.2, 0.25) is 5.91 Å². The number of nitriles is 1. The summed E-state index contributed by atoms with van der Waals surface area (Å²) in [6.45, 7) is 0. The normalized spacial score (nSPS) is 18.0. The number of rotatable bonds is 5. The third-order valence-corrected chi connectivity index (χ3v) is 7.04. The number of benzene rings is 3. The van der Waals surface area contributed by atoms with Crippen LogP contribution >= 0.6 is 58.0 Å². The maximum atomic E-state index is 13.0. The zero-order valence-electron chi connectivity index (χ0n) is 17.1. The Morgan fingerprint density at radius 2 is 1.47 bits per heavy atom. The van der Waals surface area contributed by atoms with Gasteiger partial charge in [-0.3, -0.25) is 9.59 Å². The number of amides is 2. The molecular weight excluding hydrogens is 540 g/mol. The van der Waals surface area contributed by atoms with E-state index in [0.29, 0.717) is 32.5 Å². The molecule has 1 fully saturated rings. The van der Waals surface area contributed by atoms with Gasteiger partial charge in [0, 0.05) is 27.3 Å². The summed E-state index contributed by atoms with van der Waals surface area (Å²) in [5.74, 6) is -2.16. The van der Waals surface area contributed by atoms with Crippen molar-refractivity contribution >= 4 is 81.2 Å². The molecule has 5 nitrogen and oxygen atoms in total. The number of alkyl halides is 2. The van der Waals surface area contributed by atoms with E-state index in [4.69, 9.17) is 63.3 Å². The molecular formula is C24H14Cl5N3O2. The summed E-state index contributed by atoms with van der Waals surface area (Å²) in [4.78, 5) is 25.7. The fourth-order valence-corrected chi connectivity index (χ4v) is 5.22. The highest BCUT2D eigenvalue weighted by atomic mass is 35.5. The zero-order valence-corrected chi connectivity index (χ0v) is 20.9. The van der Waals surface area contributed by atoms with Gasteiger partial charge < -0.3 is 10.6 Å². The van der Waals surface area contributed by atoms with Crippen molar-refractivity contribution in [3.63, 3.8) is 0 Å². The summed E-state index contributed by atoms with van der Waals surface area (Å²) < 4.78 is -1.33. The number of halogens is 5. The highest BCUT2D eigenvalue weighted by molar-refractivity contribution is 6.53. The Hall–Kier alpha value is -2.46. The summed E-state index contributed by atoms with van der Waals surface area (Å²) >= 11 is 31.2. The third kappa shape index (κ3) is 5.12. The molecule has 4 rings (SSSR count). The van der Waals surface area contributed by atoms with E-state index in [1.807, 2.05) is 6.07 Å². The number of carbonyl (C=O) groups is 2. The van der Waals surface area contributed by atoms with Crippen LogP contribution in [0.1, 0.15) is 27.4 Å². The highest BCUT2D eigenvalue weighted by Crippen LogP contribution is 2.65. The lowest BCUT2D eigenvalue weighted by molar-refractivity contribution is -0.117. The van der Waals surface area contributed by atoms with Crippen LogP contribution < -0.4 is 10.6 Å². The molecule has 0 radical (unpaired) electrons. The maximum Gasteiger partial charge on any atom is 0.257 e. The first-order valence-electron chi connectivity index (χ1n) is 9.86. The Kier molecular flexibility index (Phi) is 7.00. The summed E-state index contributed by atoms with van der Waals surface area (Å²) in [5, 5.41) is 15.4. The van der Waals surface area contributed by atoms with E-state index in [1.165, 1.54) is 12.1 Å². The summed E-state index contributed by atoms with van der Waals surface area (Å²) in [6.07, 6.45) is 0. The predicted octanol–water partition coefficient (Wildman–Crippen LogP) is 7.30. The van der Waals surface area contributed by atoms with Crippen molar-refractivity contribution < 1.29 is 9.59 Å². The predicted molar refractivity (Wildman–Crippen MR) is 136 cm³/mol. The lowest BCUT2D eigenvalue weighted by Gasteiger charge is -2.10. The zero-order chi connectivity index (χ0) is 24.6. The molecule has 0 bridgehead atoms. The van der Waals surface area contributed by atoms with Crippen LogP contribution in [0.15, 0.2) is 60.7 Å². The smallest absolute Gasteiger partial charge is 0.257 e. The van der Waals surface area contributed by atoms with Crippen molar-refractivity contribution in [2.24, 2.45) is 5.92 Å². The molecule has 172 valence electrons. The Balaban J connectivity index is 1.50. The van der Waals surface area contributed by atoms with Gasteiger partial charge in [0.05, 0.1) is 28.1 Å². The average molecular weight is 554 g/mol. The SMILES string of the molecule is N#Cc1ccc(NC(=O)c2cc(NC(=O)[C@@H]3[C@@H](c4cc(Cl)cc(Cl)c4)C3(Cl)Cl)ccc2Cl)cc1. The van der Waals surface area contributed by atoms with E-state index in [1.54, 1.807) is 48.5 Å². The van der Waals surface area contributed by atoms with Crippen LogP contribution in [0.3, 0.4) is 0 Å². The van der Waals surface area contributed by atoms with E-state index >= 15 is 0 Å². The Morgan fingerprint density at radius 1 is 0.853 bits per heavy atom. The van der Waals surface area contributed by atoms with Crippen LogP contribution in [0, 0.1) is 17.2 Å². The number of nitrogens with zero attached hydrogens (tertiary/aromatic N) is 1. The molecule has 34 heavy (non-hydrogen) atoms. The van der Waals surface area contributed by atoms with E-state index in [2.05, 4.69) is 10.6 Å². The Morgan fingerprint density at radius 3 is 2.09 bits per heavy atom. The second kappa shape index (κ2) is 9.65. The van der Waals surface area contributed by atoms with Crippen LogP contribution in [0.2, 0.25) is 15.1 Å². The number of hydrogen-bond donors (Lipinski definition) is 2. The van der Waals surface area contributed by atoms with Crippen molar-refractivity contribution in [3.8, 4) is 6.07 Å². The molecule has 0 aromatic heterocycles. The van der Waals surface area contributed by atoms with Crippen molar-refractivity contribution in [3.05, 3.63) is 92.4 Å². The number of nitrogens with one attached hydrogen (secondary N) is 2. The maximum absolute atomic E-state index is 13.0. The molecule has 3 aromatic carbocycles. The first-order chi connectivity index (χ1) is 16.1. The fourth-order valence-electron chi connectivity index (χ4n) is 3.65. The molecule has 0 aliphatic heterocycles. The third-order valence-electron chi connectivity index (χ3n) is 5.33.